The van der Waals surface area contributed by atoms with Gasteiger partial charge in [0.1, 0.15) is 0 Å². The van der Waals surface area contributed by atoms with Crippen LogP contribution in [0.3, 0.4) is 0 Å². The first-order valence-corrected chi connectivity index (χ1v) is 3.63. The maximum Gasteiger partial charge on any atom is 0.284 e. The molecule has 2 N–H and O–H groups in total. The summed E-state index contributed by atoms with van der Waals surface area (Å²) in [6, 6.07) is 0. The molecule has 1 aliphatic heterocycles. The summed E-state index contributed by atoms with van der Waals surface area (Å²) in [7, 11) is 3.82. The molecule has 2 rings (SSSR count). The molecule has 0 spiro atoms. The lowest BCUT2D eigenvalue weighted by molar-refractivity contribution is 0.422. The Balaban J connectivity index is 2.68. The van der Waals surface area contributed by atoms with Gasteiger partial charge >= 0.3 is 0 Å². The minimum absolute atomic E-state index is 0.328. The molecule has 0 saturated heterocycles. The molecule has 0 bridgehead atoms. The van der Waals surface area contributed by atoms with E-state index in [1.165, 1.54) is 0 Å². The minimum Gasteiger partial charge on any atom is -0.377 e. The Labute approximate surface area is 70.1 Å². The summed E-state index contributed by atoms with van der Waals surface area (Å²) in [4.78, 5) is 8.28. The second-order valence-electron chi connectivity index (χ2n) is 3.11. The van der Waals surface area contributed by atoms with Crippen molar-refractivity contribution in [3.63, 3.8) is 0 Å². The van der Waals surface area contributed by atoms with Gasteiger partial charge in [-0.15, -0.1) is 0 Å². The molecule has 1 aliphatic rings. The molecule has 0 radical (unpaired) electrons. The van der Waals surface area contributed by atoms with Crippen LogP contribution in [0.5, 0.6) is 0 Å². The van der Waals surface area contributed by atoms with E-state index in [0.717, 1.165) is 5.82 Å². The van der Waals surface area contributed by atoms with Crippen LogP contribution >= 0.6 is 0 Å². The van der Waals surface area contributed by atoms with Gasteiger partial charge in [-0.2, -0.15) is 9.58 Å². The maximum atomic E-state index is 5.65. The number of fused-ring (bicyclic) bond motifs is 1. The lowest BCUT2D eigenvalue weighted by Gasteiger charge is -2.14. The van der Waals surface area contributed by atoms with Crippen molar-refractivity contribution in [1.82, 2.24) is 14.6 Å². The Morgan fingerprint density at radius 3 is 2.58 bits per heavy atom. The van der Waals surface area contributed by atoms with Gasteiger partial charge in [0, 0.05) is 6.20 Å². The van der Waals surface area contributed by atoms with Crippen molar-refractivity contribution in [2.45, 2.75) is 0 Å². The summed E-state index contributed by atoms with van der Waals surface area (Å²) >= 11 is 0. The molecule has 62 valence electrons. The third-order valence-corrected chi connectivity index (χ3v) is 1.80. The predicted octanol–water partition coefficient (Wildman–Crippen LogP) is -0.323. The molecule has 0 atom stereocenters. The van der Waals surface area contributed by atoms with Crippen molar-refractivity contribution in [3.8, 4) is 0 Å². The highest BCUT2D eigenvalue weighted by Crippen LogP contribution is 2.25. The van der Waals surface area contributed by atoms with Crippen LogP contribution < -0.4 is 10.3 Å². The maximum absolute atomic E-state index is 5.65. The van der Waals surface area contributed by atoms with E-state index in [4.69, 9.17) is 5.73 Å². The van der Waals surface area contributed by atoms with Gasteiger partial charge in [-0.25, -0.2) is 4.98 Å². The van der Waals surface area contributed by atoms with Crippen LogP contribution in [0.4, 0.5) is 5.82 Å². The van der Waals surface area contributed by atoms with Gasteiger partial charge in [0.05, 0.1) is 20.3 Å². The standard InChI is InChI=1S/C7H10N5/c1-12(2)7-5(6(8)11-12)9-3-4-10-7/h3-4H,1-2H3,(H2,8,11)/q+1. The molecule has 0 aromatic carbocycles. The van der Waals surface area contributed by atoms with E-state index in [0.29, 0.717) is 16.1 Å². The van der Waals surface area contributed by atoms with Gasteiger partial charge in [-0.05, 0) is 0 Å². The van der Waals surface area contributed by atoms with Gasteiger partial charge in [-0.3, -0.25) is 0 Å². The molecule has 0 aliphatic carbocycles. The van der Waals surface area contributed by atoms with Gasteiger partial charge in [0.15, 0.2) is 5.69 Å². The molecule has 0 fully saturated rings. The van der Waals surface area contributed by atoms with Crippen LogP contribution in [0.1, 0.15) is 5.69 Å². The summed E-state index contributed by atoms with van der Waals surface area (Å²) in [5, 5.41) is 4.20. The first-order chi connectivity index (χ1) is 5.61. The normalized spacial score (nSPS) is 18.7. The number of aromatic nitrogens is 2. The van der Waals surface area contributed by atoms with Gasteiger partial charge in [0.25, 0.3) is 5.82 Å². The molecule has 1 aromatic rings. The van der Waals surface area contributed by atoms with Crippen molar-refractivity contribution in [3.05, 3.63) is 18.1 Å². The van der Waals surface area contributed by atoms with Crippen molar-refractivity contribution < 1.29 is 0 Å². The number of amidine groups is 1. The van der Waals surface area contributed by atoms with Crippen molar-refractivity contribution in [2.24, 2.45) is 10.8 Å². The molecular formula is C7H10N5+. The molecule has 12 heavy (non-hydrogen) atoms. The van der Waals surface area contributed by atoms with E-state index < -0.39 is 0 Å². The highest BCUT2D eigenvalue weighted by molar-refractivity contribution is 6.02. The topological polar surface area (TPSA) is 64.2 Å². The third kappa shape index (κ3) is 0.799. The summed E-state index contributed by atoms with van der Waals surface area (Å²) in [5.74, 6) is 1.26. The first kappa shape index (κ1) is 7.17. The smallest absolute Gasteiger partial charge is 0.284 e. The molecule has 1 aromatic heterocycles. The number of rotatable bonds is 0. The van der Waals surface area contributed by atoms with E-state index in [1.807, 2.05) is 14.1 Å². The summed E-state index contributed by atoms with van der Waals surface area (Å²) in [6.45, 7) is 0. The zero-order chi connectivity index (χ0) is 8.77. The van der Waals surface area contributed by atoms with Crippen LogP contribution in [0.2, 0.25) is 0 Å². The van der Waals surface area contributed by atoms with Crippen molar-refractivity contribution in [2.75, 3.05) is 14.1 Å². The molecular weight excluding hydrogens is 154 g/mol. The summed E-state index contributed by atoms with van der Waals surface area (Å²) in [6.07, 6.45) is 3.26. The number of nitrogens with two attached hydrogens (primary N) is 1. The van der Waals surface area contributed by atoms with Crippen LogP contribution in [0.25, 0.3) is 0 Å². The lowest BCUT2D eigenvalue weighted by Crippen LogP contribution is -2.32. The van der Waals surface area contributed by atoms with Crippen molar-refractivity contribution in [1.29, 1.82) is 0 Å². The molecule has 0 saturated carbocycles. The highest BCUT2D eigenvalue weighted by Gasteiger charge is 2.34. The average Bonchev–Trinajstić information content (AvgIpc) is 2.25. The highest BCUT2D eigenvalue weighted by atomic mass is 15.6. The Morgan fingerprint density at radius 1 is 1.25 bits per heavy atom. The first-order valence-electron chi connectivity index (χ1n) is 3.63. The minimum atomic E-state index is 0.328. The molecule has 5 heteroatoms. The van der Waals surface area contributed by atoms with Gasteiger partial charge in [0.2, 0.25) is 5.84 Å². The van der Waals surface area contributed by atoms with E-state index in [-0.39, 0.29) is 0 Å². The zero-order valence-corrected chi connectivity index (χ0v) is 7.02. The summed E-state index contributed by atoms with van der Waals surface area (Å²) in [5.41, 5.74) is 6.35. The van der Waals surface area contributed by atoms with Gasteiger partial charge < -0.3 is 5.73 Å². The fourth-order valence-corrected chi connectivity index (χ4v) is 1.28. The average molecular weight is 164 g/mol. The largest absolute Gasteiger partial charge is 0.377 e. The summed E-state index contributed by atoms with van der Waals surface area (Å²) < 4.78 is 0.328. The Morgan fingerprint density at radius 2 is 1.92 bits per heavy atom. The van der Waals surface area contributed by atoms with Crippen molar-refractivity contribution >= 4 is 11.7 Å². The van der Waals surface area contributed by atoms with Crippen LogP contribution in [-0.2, 0) is 0 Å². The number of hydrogen-bond acceptors (Lipinski definition) is 4. The molecule has 0 unspecified atom stereocenters. The van der Waals surface area contributed by atoms with Crippen LogP contribution in [0, 0.1) is 0 Å². The molecule has 0 amide bonds. The fraction of sp³-hybridized carbons (Fsp3) is 0.286. The third-order valence-electron chi connectivity index (χ3n) is 1.80. The van der Waals surface area contributed by atoms with E-state index in [1.54, 1.807) is 12.4 Å². The van der Waals surface area contributed by atoms with E-state index in [9.17, 15) is 0 Å². The van der Waals surface area contributed by atoms with Gasteiger partial charge in [-0.1, -0.05) is 5.10 Å². The van der Waals surface area contributed by atoms with E-state index in [2.05, 4.69) is 15.1 Å². The monoisotopic (exact) mass is 164 g/mol. The zero-order valence-electron chi connectivity index (χ0n) is 7.02. The number of quaternary nitrogens is 1. The van der Waals surface area contributed by atoms with Crippen LogP contribution in [0.15, 0.2) is 17.5 Å². The van der Waals surface area contributed by atoms with Crippen LogP contribution in [-0.4, -0.2) is 29.9 Å². The second-order valence-corrected chi connectivity index (χ2v) is 3.11. The number of nitrogens with zero attached hydrogens (tertiary/aromatic N) is 4. The lowest BCUT2D eigenvalue weighted by atomic mass is 10.4. The quantitative estimate of drug-likeness (QED) is 0.534. The predicted molar refractivity (Wildman–Crippen MR) is 46.4 cm³/mol. The van der Waals surface area contributed by atoms with E-state index >= 15 is 0 Å². The SMILES string of the molecule is C[N+]1(C)N=C(N)c2nccnc21. The Hall–Kier alpha value is -1.49. The molecule has 5 nitrogen and oxygen atoms in total. The fourth-order valence-electron chi connectivity index (χ4n) is 1.28. The second kappa shape index (κ2) is 2.01. The Kier molecular flexibility index (Phi) is 1.20. The molecule has 2 heterocycles. The Bertz CT molecular complexity index is 355. The number of hydrogen-bond donors (Lipinski definition) is 1.